The molecule has 7 heteroatoms. The number of aliphatic imine (C=N–C) groups is 1. The predicted octanol–water partition coefficient (Wildman–Crippen LogP) is 2.10. The van der Waals surface area contributed by atoms with Gasteiger partial charge in [0.15, 0.2) is 5.96 Å². The molecule has 0 aliphatic carbocycles. The monoisotopic (exact) mass is 476 g/mol. The SMILES string of the molecule is CN=C(NCCCOC1CCOC1)NCCN(C)Cc1ccccc1.I. The number of guanidine groups is 1. The summed E-state index contributed by atoms with van der Waals surface area (Å²) in [6, 6.07) is 10.5. The van der Waals surface area contributed by atoms with Gasteiger partial charge in [0.1, 0.15) is 0 Å². The molecule has 148 valence electrons. The summed E-state index contributed by atoms with van der Waals surface area (Å²) in [5, 5.41) is 6.68. The van der Waals surface area contributed by atoms with E-state index >= 15 is 0 Å². The second-order valence-electron chi connectivity index (χ2n) is 6.36. The van der Waals surface area contributed by atoms with Crippen molar-refractivity contribution in [2.75, 3.05) is 53.6 Å². The molecule has 1 atom stereocenters. The van der Waals surface area contributed by atoms with Gasteiger partial charge in [0, 0.05) is 46.4 Å². The average Bonchev–Trinajstić information content (AvgIpc) is 3.14. The summed E-state index contributed by atoms with van der Waals surface area (Å²) in [6.45, 7) is 5.96. The number of benzene rings is 1. The Morgan fingerprint density at radius 3 is 2.73 bits per heavy atom. The van der Waals surface area contributed by atoms with Crippen LogP contribution < -0.4 is 10.6 Å². The first-order valence-electron chi connectivity index (χ1n) is 9.14. The molecular formula is C19H33IN4O2. The van der Waals surface area contributed by atoms with E-state index in [2.05, 4.69) is 51.8 Å². The van der Waals surface area contributed by atoms with Crippen LogP contribution in [0.2, 0.25) is 0 Å². The second-order valence-corrected chi connectivity index (χ2v) is 6.36. The van der Waals surface area contributed by atoms with Gasteiger partial charge >= 0.3 is 0 Å². The molecule has 1 heterocycles. The Kier molecular flexibility index (Phi) is 12.6. The fourth-order valence-corrected chi connectivity index (χ4v) is 2.73. The molecule has 0 radical (unpaired) electrons. The summed E-state index contributed by atoms with van der Waals surface area (Å²) >= 11 is 0. The first-order chi connectivity index (χ1) is 12.3. The van der Waals surface area contributed by atoms with E-state index in [0.717, 1.165) is 64.8 Å². The highest BCUT2D eigenvalue weighted by molar-refractivity contribution is 14.0. The summed E-state index contributed by atoms with van der Waals surface area (Å²) in [6.07, 6.45) is 2.27. The molecule has 0 saturated carbocycles. The van der Waals surface area contributed by atoms with Gasteiger partial charge < -0.3 is 25.0 Å². The third-order valence-electron chi connectivity index (χ3n) is 4.16. The topological polar surface area (TPSA) is 58.1 Å². The normalized spacial score (nSPS) is 17.2. The molecule has 1 saturated heterocycles. The molecule has 1 aromatic rings. The molecule has 1 aliphatic heterocycles. The van der Waals surface area contributed by atoms with Gasteiger partial charge in [0.25, 0.3) is 0 Å². The maximum atomic E-state index is 5.76. The summed E-state index contributed by atoms with van der Waals surface area (Å²) in [4.78, 5) is 6.56. The van der Waals surface area contributed by atoms with Crippen molar-refractivity contribution in [3.63, 3.8) is 0 Å². The highest BCUT2D eigenvalue weighted by atomic mass is 127. The van der Waals surface area contributed by atoms with E-state index in [1.807, 2.05) is 6.07 Å². The van der Waals surface area contributed by atoms with Crippen LogP contribution in [0, 0.1) is 0 Å². The van der Waals surface area contributed by atoms with E-state index in [1.54, 1.807) is 7.05 Å². The summed E-state index contributed by atoms with van der Waals surface area (Å²) in [5.74, 6) is 0.845. The van der Waals surface area contributed by atoms with Gasteiger partial charge in [0.2, 0.25) is 0 Å². The standard InChI is InChI=1S/C19H32N4O2.HI/c1-20-19(21-10-6-13-25-18-9-14-24-16-18)22-11-12-23(2)15-17-7-4-3-5-8-17;/h3-5,7-8,18H,6,9-16H2,1-2H3,(H2,20,21,22);1H. The number of ether oxygens (including phenoxy) is 2. The number of nitrogens with zero attached hydrogens (tertiary/aromatic N) is 2. The fraction of sp³-hybridized carbons (Fsp3) is 0.632. The Hall–Kier alpha value is -0.900. The number of nitrogens with one attached hydrogen (secondary N) is 2. The lowest BCUT2D eigenvalue weighted by molar-refractivity contribution is 0.0420. The Labute approximate surface area is 174 Å². The van der Waals surface area contributed by atoms with E-state index in [-0.39, 0.29) is 30.1 Å². The molecular weight excluding hydrogens is 443 g/mol. The molecule has 6 nitrogen and oxygen atoms in total. The first-order valence-corrected chi connectivity index (χ1v) is 9.14. The van der Waals surface area contributed by atoms with Gasteiger partial charge in [-0.2, -0.15) is 0 Å². The summed E-state index contributed by atoms with van der Waals surface area (Å²) in [7, 11) is 3.93. The zero-order chi connectivity index (χ0) is 17.7. The maximum Gasteiger partial charge on any atom is 0.191 e. The zero-order valence-corrected chi connectivity index (χ0v) is 18.3. The molecule has 0 amide bonds. The maximum absolute atomic E-state index is 5.76. The van der Waals surface area contributed by atoms with Crippen LogP contribution in [-0.2, 0) is 16.0 Å². The third-order valence-corrected chi connectivity index (χ3v) is 4.16. The van der Waals surface area contributed by atoms with E-state index < -0.39 is 0 Å². The molecule has 0 spiro atoms. The van der Waals surface area contributed by atoms with E-state index in [1.165, 1.54) is 5.56 Å². The van der Waals surface area contributed by atoms with Crippen LogP contribution in [0.15, 0.2) is 35.3 Å². The van der Waals surface area contributed by atoms with Gasteiger partial charge in [-0.25, -0.2) is 0 Å². The van der Waals surface area contributed by atoms with E-state index in [4.69, 9.17) is 9.47 Å². The largest absolute Gasteiger partial charge is 0.379 e. The Balaban J connectivity index is 0.00000338. The Bertz CT molecular complexity index is 496. The van der Waals surface area contributed by atoms with E-state index in [9.17, 15) is 0 Å². The van der Waals surface area contributed by atoms with Crippen molar-refractivity contribution in [3.05, 3.63) is 35.9 Å². The van der Waals surface area contributed by atoms with Crippen molar-refractivity contribution in [1.29, 1.82) is 0 Å². The van der Waals surface area contributed by atoms with Gasteiger partial charge in [-0.3, -0.25) is 4.99 Å². The average molecular weight is 476 g/mol. The van der Waals surface area contributed by atoms with Crippen LogP contribution in [0.4, 0.5) is 0 Å². The van der Waals surface area contributed by atoms with Crippen LogP contribution in [0.3, 0.4) is 0 Å². The van der Waals surface area contributed by atoms with Gasteiger partial charge in [0.05, 0.1) is 12.7 Å². The number of halogens is 1. The summed E-state index contributed by atoms with van der Waals surface area (Å²) < 4.78 is 11.1. The van der Waals surface area contributed by atoms with Crippen LogP contribution in [0.5, 0.6) is 0 Å². The third kappa shape index (κ3) is 9.70. The quantitative estimate of drug-likeness (QED) is 0.235. The van der Waals surface area contributed by atoms with Crippen molar-refractivity contribution in [1.82, 2.24) is 15.5 Å². The van der Waals surface area contributed by atoms with Crippen molar-refractivity contribution in [2.24, 2.45) is 4.99 Å². The highest BCUT2D eigenvalue weighted by Crippen LogP contribution is 2.07. The minimum absolute atomic E-state index is 0. The summed E-state index contributed by atoms with van der Waals surface area (Å²) in [5.41, 5.74) is 1.33. The molecule has 1 aromatic carbocycles. The van der Waals surface area contributed by atoms with Crippen molar-refractivity contribution in [2.45, 2.75) is 25.5 Å². The van der Waals surface area contributed by atoms with E-state index in [0.29, 0.717) is 0 Å². The molecule has 1 fully saturated rings. The van der Waals surface area contributed by atoms with Gasteiger partial charge in [-0.15, -0.1) is 24.0 Å². The van der Waals surface area contributed by atoms with Crippen LogP contribution in [0.1, 0.15) is 18.4 Å². The van der Waals surface area contributed by atoms with Crippen molar-refractivity contribution < 1.29 is 9.47 Å². The molecule has 1 unspecified atom stereocenters. The van der Waals surface area contributed by atoms with Crippen molar-refractivity contribution >= 4 is 29.9 Å². The lowest BCUT2D eigenvalue weighted by Crippen LogP contribution is -2.41. The smallest absolute Gasteiger partial charge is 0.191 e. The molecule has 0 bridgehead atoms. The van der Waals surface area contributed by atoms with Gasteiger partial charge in [-0.1, -0.05) is 30.3 Å². The van der Waals surface area contributed by atoms with Crippen LogP contribution >= 0.6 is 24.0 Å². The van der Waals surface area contributed by atoms with Crippen molar-refractivity contribution in [3.8, 4) is 0 Å². The zero-order valence-electron chi connectivity index (χ0n) is 15.9. The minimum atomic E-state index is 0. The molecule has 26 heavy (non-hydrogen) atoms. The molecule has 2 N–H and O–H groups in total. The molecule has 2 rings (SSSR count). The molecule has 0 aromatic heterocycles. The lowest BCUT2D eigenvalue weighted by atomic mass is 10.2. The number of hydrogen-bond donors (Lipinski definition) is 2. The van der Waals surface area contributed by atoms with Crippen LogP contribution in [-0.4, -0.2) is 70.5 Å². The Morgan fingerprint density at radius 1 is 1.27 bits per heavy atom. The number of likely N-dealkylation sites (N-methyl/N-ethyl adjacent to an activating group) is 1. The van der Waals surface area contributed by atoms with Gasteiger partial charge in [-0.05, 0) is 25.5 Å². The second kappa shape index (κ2) is 14.2. The fourth-order valence-electron chi connectivity index (χ4n) is 2.73. The predicted molar refractivity (Wildman–Crippen MR) is 117 cm³/mol. The van der Waals surface area contributed by atoms with Crippen LogP contribution in [0.25, 0.3) is 0 Å². The number of rotatable bonds is 10. The molecule has 1 aliphatic rings. The highest BCUT2D eigenvalue weighted by Gasteiger charge is 2.15. The minimum Gasteiger partial charge on any atom is -0.379 e. The first kappa shape index (κ1) is 23.1. The lowest BCUT2D eigenvalue weighted by Gasteiger charge is -2.18. The Morgan fingerprint density at radius 2 is 2.04 bits per heavy atom. The number of hydrogen-bond acceptors (Lipinski definition) is 4.